The van der Waals surface area contributed by atoms with Gasteiger partial charge in [-0.1, -0.05) is 20.8 Å². The maximum Gasteiger partial charge on any atom is 0.292 e. The standard InChI is InChI=1S/2C16H20N4O4.3C15H18N4O4.C13H16N4O4/c1-10(8-18-4-2-3-5-18)9-19-15(21)11-6-13(17)14(20(23)24)7-12(11)16(19)22;17-13-9-11-12(10-14(13)20(23)24)16(22)19(15(11)21)8-4-3-7-18-5-1-2-6-18;2*1-2-17-5-3-4-9(17)8-18-14(20)10-6-12(16)13(19(22)23)7-11(10)15(18)21;16-12-8-10-11(9-13(12)19(22)23)15(21)18(14(10)20)7-3-6-17-4-1-2-5-17;1-15(2)4-3-5-16-12(18)8-6-10(14)11(17(20)21)7-9(8)13(16)19/h6-7,10H,2-5,8-9,17H2,1H3;9-10H,1-8,17H2;2*6-7,9H,2-5,8,16H2,1H3;8-9H,1-7,16H2;6-7H,3-5,14H2,1-2H3. The molecule has 11 heterocycles. The van der Waals surface area contributed by atoms with Gasteiger partial charge in [-0.3, -0.25) is 157 Å². The number of nitro groups is 6. The van der Waals surface area contributed by atoms with Gasteiger partial charge in [-0.2, -0.15) is 0 Å². The van der Waals surface area contributed by atoms with Crippen LogP contribution >= 0.6 is 0 Å². The lowest BCUT2D eigenvalue weighted by Gasteiger charge is -2.26. The summed E-state index contributed by atoms with van der Waals surface area (Å²) in [5.41, 5.74) is 32.2. The fourth-order valence-electron chi connectivity index (χ4n) is 19.0. The number of nitro benzene ring substituents is 6. The van der Waals surface area contributed by atoms with Crippen molar-refractivity contribution in [2.75, 3.05) is 179 Å². The van der Waals surface area contributed by atoms with Gasteiger partial charge in [0.25, 0.3) is 105 Å². The highest BCUT2D eigenvalue weighted by Gasteiger charge is 2.46. The Bertz CT molecular complexity index is 5830. The molecule has 0 radical (unpaired) electrons. The van der Waals surface area contributed by atoms with Crippen molar-refractivity contribution in [1.82, 2.24) is 58.8 Å². The van der Waals surface area contributed by atoms with Crippen LogP contribution in [-0.4, -0.2) is 316 Å². The van der Waals surface area contributed by atoms with Gasteiger partial charge in [0.2, 0.25) is 0 Å². The van der Waals surface area contributed by atoms with E-state index in [0.29, 0.717) is 45.6 Å². The van der Waals surface area contributed by atoms with Crippen molar-refractivity contribution in [3.63, 3.8) is 0 Å². The number of fused-ring (bicyclic) bond motifs is 6. The molecule has 12 amide bonds. The molecule has 48 heteroatoms. The van der Waals surface area contributed by atoms with E-state index in [1.54, 1.807) is 0 Å². The summed E-state index contributed by atoms with van der Waals surface area (Å²) < 4.78 is 0. The lowest BCUT2D eigenvalue weighted by atomic mass is 10.1. The molecule has 3 atom stereocenters. The number of unbranched alkanes of at least 4 members (excludes halogenated alkanes) is 1. The maximum absolute atomic E-state index is 12.5. The zero-order valence-electron chi connectivity index (χ0n) is 77.0. The van der Waals surface area contributed by atoms with Gasteiger partial charge in [0.1, 0.15) is 34.1 Å². The van der Waals surface area contributed by atoms with Crippen LogP contribution in [0.3, 0.4) is 0 Å². The van der Waals surface area contributed by atoms with Crippen molar-refractivity contribution in [2.45, 2.75) is 123 Å². The van der Waals surface area contributed by atoms with Gasteiger partial charge in [0.15, 0.2) is 0 Å². The molecule has 734 valence electrons. The second kappa shape index (κ2) is 43.9. The topological polar surface area (TPSA) is 659 Å². The average molecular weight is 1910 g/mol. The molecule has 0 spiro atoms. The first-order valence-corrected chi connectivity index (χ1v) is 45.5. The van der Waals surface area contributed by atoms with E-state index in [-0.39, 0.29) is 160 Å². The van der Waals surface area contributed by atoms with Crippen LogP contribution in [0.5, 0.6) is 0 Å². The van der Waals surface area contributed by atoms with Crippen molar-refractivity contribution < 1.29 is 87.1 Å². The largest absolute Gasteiger partial charge is 0.393 e. The predicted molar refractivity (Wildman–Crippen MR) is 501 cm³/mol. The van der Waals surface area contributed by atoms with Gasteiger partial charge >= 0.3 is 0 Å². The minimum Gasteiger partial charge on any atom is -0.393 e. The molecule has 0 bridgehead atoms. The zero-order chi connectivity index (χ0) is 100. The molecule has 138 heavy (non-hydrogen) atoms. The molecule has 5 fully saturated rings. The summed E-state index contributed by atoms with van der Waals surface area (Å²) in [6.07, 6.45) is 14.1. The second-order valence-electron chi connectivity index (χ2n) is 35.5. The molecule has 11 aliphatic rings. The first-order valence-electron chi connectivity index (χ1n) is 45.5. The van der Waals surface area contributed by atoms with Crippen molar-refractivity contribution in [3.8, 4) is 0 Å². The van der Waals surface area contributed by atoms with Crippen LogP contribution in [0.2, 0.25) is 0 Å². The Kier molecular flexibility index (Phi) is 32.4. The number of amides is 12. The number of hydrogen-bond donors (Lipinski definition) is 6. The maximum atomic E-state index is 12.5. The van der Waals surface area contributed by atoms with E-state index < -0.39 is 100 Å². The number of nitrogens with zero attached hydrogens (tertiary/aromatic N) is 18. The monoisotopic (exact) mass is 1910 g/mol. The predicted octanol–water partition coefficient (Wildman–Crippen LogP) is 7.65. The molecule has 0 aromatic heterocycles. The molecule has 0 aliphatic carbocycles. The lowest BCUT2D eigenvalue weighted by Crippen LogP contribution is -2.42. The van der Waals surface area contributed by atoms with Crippen molar-refractivity contribution in [1.29, 1.82) is 0 Å². The molecule has 5 saturated heterocycles. The number of carbonyl (C=O) groups excluding carboxylic acids is 12. The summed E-state index contributed by atoms with van der Waals surface area (Å²) in [6, 6.07) is 14.3. The lowest BCUT2D eigenvalue weighted by molar-refractivity contribution is -0.384. The molecular formula is C90H110N24O24. The Balaban J connectivity index is 0.000000149. The third kappa shape index (κ3) is 22.1. The second-order valence-corrected chi connectivity index (χ2v) is 35.5. The van der Waals surface area contributed by atoms with Crippen molar-refractivity contribution >= 4 is 139 Å². The average Bonchev–Trinajstić information content (AvgIpc) is 1.67. The van der Waals surface area contributed by atoms with E-state index in [1.807, 2.05) is 39.8 Å². The molecule has 6 aromatic carbocycles. The summed E-state index contributed by atoms with van der Waals surface area (Å²) in [5.74, 6) is -5.31. The molecule has 12 N–H and O–H groups in total. The number of imide groups is 6. The Morgan fingerprint density at radius 3 is 0.783 bits per heavy atom. The molecular weight excluding hydrogens is 1800 g/mol. The first kappa shape index (κ1) is 102. The quantitative estimate of drug-likeness (QED) is 0.00862. The van der Waals surface area contributed by atoms with Crippen LogP contribution in [0.25, 0.3) is 0 Å². The van der Waals surface area contributed by atoms with Crippen LogP contribution < -0.4 is 34.4 Å². The summed E-state index contributed by atoms with van der Waals surface area (Å²) in [7, 11) is 3.79. The highest BCUT2D eigenvalue weighted by Crippen LogP contribution is 2.40. The molecule has 17 rings (SSSR count). The van der Waals surface area contributed by atoms with Gasteiger partial charge in [-0.25, -0.2) is 0 Å². The number of benzene rings is 6. The van der Waals surface area contributed by atoms with E-state index in [1.165, 1.54) is 89.6 Å². The van der Waals surface area contributed by atoms with E-state index in [9.17, 15) is 118 Å². The van der Waals surface area contributed by atoms with Gasteiger partial charge in [-0.15, -0.1) is 0 Å². The van der Waals surface area contributed by atoms with Gasteiger partial charge in [0, 0.05) is 94.3 Å². The van der Waals surface area contributed by atoms with E-state index in [2.05, 4.69) is 24.5 Å². The van der Waals surface area contributed by atoms with Gasteiger partial charge < -0.3 is 54.0 Å². The molecule has 6 aromatic rings. The normalized spacial score (nSPS) is 18.5. The molecule has 11 aliphatic heterocycles. The number of nitrogens with two attached hydrogens (primary N) is 6. The van der Waals surface area contributed by atoms with Gasteiger partial charge in [0.05, 0.1) is 96.3 Å². The van der Waals surface area contributed by atoms with Crippen LogP contribution in [0.4, 0.5) is 68.2 Å². The number of likely N-dealkylation sites (N-methyl/N-ethyl adjacent to an activating group) is 2. The van der Waals surface area contributed by atoms with Crippen molar-refractivity contribution in [2.24, 2.45) is 5.92 Å². The summed E-state index contributed by atoms with van der Waals surface area (Å²) >= 11 is 0. The third-order valence-corrected chi connectivity index (χ3v) is 26.1. The molecule has 3 unspecified atom stereocenters. The van der Waals surface area contributed by atoms with Crippen LogP contribution in [-0.2, 0) is 0 Å². The van der Waals surface area contributed by atoms with Crippen molar-refractivity contribution in [3.05, 3.63) is 200 Å². The fourth-order valence-corrected chi connectivity index (χ4v) is 19.0. The number of likely N-dealkylation sites (tertiary alicyclic amines) is 5. The van der Waals surface area contributed by atoms with E-state index in [0.717, 1.165) is 181 Å². The summed E-state index contributed by atoms with van der Waals surface area (Å²) in [6.45, 7) is 21.4. The Morgan fingerprint density at radius 1 is 0.297 bits per heavy atom. The number of hydrogen-bond acceptors (Lipinski definition) is 36. The summed E-state index contributed by atoms with van der Waals surface area (Å²) in [4.78, 5) is 231. The highest BCUT2D eigenvalue weighted by atomic mass is 16.6. The molecule has 48 nitrogen and oxygen atoms in total. The number of rotatable bonds is 29. The number of nitrogen functional groups attached to an aromatic ring is 6. The molecule has 0 saturated carbocycles. The smallest absolute Gasteiger partial charge is 0.292 e. The Labute approximate surface area is 789 Å². The minimum absolute atomic E-state index is 0.0470. The number of anilines is 6. The minimum atomic E-state index is -0.665. The Hall–Kier alpha value is -14.9. The first-order chi connectivity index (χ1) is 65.5. The van der Waals surface area contributed by atoms with Crippen LogP contribution in [0.15, 0.2) is 72.8 Å². The number of carbonyl (C=O) groups is 12. The van der Waals surface area contributed by atoms with Gasteiger partial charge in [-0.05, 0) is 231 Å². The van der Waals surface area contributed by atoms with E-state index in [4.69, 9.17) is 34.4 Å². The summed E-state index contributed by atoms with van der Waals surface area (Å²) in [5, 5.41) is 65.6. The third-order valence-electron chi connectivity index (χ3n) is 26.1. The zero-order valence-corrected chi connectivity index (χ0v) is 77.0. The van der Waals surface area contributed by atoms with Crippen LogP contribution in [0.1, 0.15) is 235 Å². The van der Waals surface area contributed by atoms with E-state index >= 15 is 0 Å². The fraction of sp³-hybridized carbons (Fsp3) is 0.467. The Morgan fingerprint density at radius 2 is 0.522 bits per heavy atom. The SMILES string of the molecule is CC(CN1CCCC1)CN1C(=O)c2cc(N)c([N+](=O)[O-])cc2C1=O.CCN1CCCC1CN1C(=O)c2cc(N)c([N+](=O)[O-])cc2C1=O.CCN1CCCC1CN1C(=O)c2cc(N)c([N+](=O)[O-])cc2C1=O.CN(C)CCCN1C(=O)c2cc(N)c([N+](=O)[O-])cc2C1=O.Nc1cc2c(cc1[N+](=O)[O-])C(=O)N(CCCCN1CCCC1)C2=O.Nc1cc2c(cc1[N+](=O)[O-])C(=O)N(CCCN1CCCC1)C2=O. The highest BCUT2D eigenvalue weighted by molar-refractivity contribution is 6.26. The van der Waals surface area contributed by atoms with Crippen LogP contribution in [0, 0.1) is 66.6 Å².